The van der Waals surface area contributed by atoms with E-state index in [1.165, 1.54) is 77.5 Å². The average molecular weight is 327 g/mol. The van der Waals surface area contributed by atoms with Gasteiger partial charge >= 0.3 is 0 Å². The van der Waals surface area contributed by atoms with Crippen LogP contribution in [-0.2, 0) is 0 Å². The lowest BCUT2D eigenvalue weighted by atomic mass is 10.3. The molecule has 0 aliphatic rings. The van der Waals surface area contributed by atoms with Crippen LogP contribution in [0.4, 0.5) is 0 Å². The Bertz CT molecular complexity index is 220. The molecule has 2 nitrogen and oxygen atoms in total. The van der Waals surface area contributed by atoms with Crippen LogP contribution in [0.1, 0.15) is 86.0 Å². The Labute approximate surface area is 142 Å². The summed E-state index contributed by atoms with van der Waals surface area (Å²) in [5.74, 6) is 0. The minimum absolute atomic E-state index is 1.10. The van der Waals surface area contributed by atoms with E-state index in [1.54, 1.807) is 0 Å². The van der Waals surface area contributed by atoms with Crippen LogP contribution in [-0.4, -0.2) is 44.4 Å². The number of hydrogen-bond acceptors (Lipinski definition) is 2. The highest BCUT2D eigenvalue weighted by Crippen LogP contribution is 2.11. The van der Waals surface area contributed by atoms with Gasteiger partial charge in [-0.3, -0.25) is 0 Å². The first-order valence-corrected chi connectivity index (χ1v) is 11.6. The van der Waals surface area contributed by atoms with Crippen molar-refractivity contribution in [1.29, 1.82) is 0 Å². The third-order valence-electron chi connectivity index (χ3n) is 4.31. The largest absolute Gasteiger partial charge is 0.311 e. The highest BCUT2D eigenvalue weighted by atomic mass is 28.3. The standard InChI is InChI=1S/C19H42N2Si/c1-6-11-15-20(16-12-7-2)22(19-10-5)21(17-13-8-3)18-14-9-4/h10,19,22H,6-9,11-18H2,1-5H3. The van der Waals surface area contributed by atoms with Gasteiger partial charge < -0.3 is 9.13 Å². The van der Waals surface area contributed by atoms with E-state index >= 15 is 0 Å². The van der Waals surface area contributed by atoms with Gasteiger partial charge in [0.15, 0.2) is 0 Å². The molecule has 0 aliphatic heterocycles. The third kappa shape index (κ3) is 9.81. The monoisotopic (exact) mass is 326 g/mol. The van der Waals surface area contributed by atoms with Crippen molar-refractivity contribution < 1.29 is 0 Å². The first-order chi connectivity index (χ1) is 10.7. The van der Waals surface area contributed by atoms with E-state index in [-0.39, 0.29) is 0 Å². The fourth-order valence-electron chi connectivity index (χ4n) is 2.84. The maximum atomic E-state index is 2.86. The average Bonchev–Trinajstić information content (AvgIpc) is 2.54. The second kappa shape index (κ2) is 15.8. The Morgan fingerprint density at radius 1 is 0.636 bits per heavy atom. The molecule has 0 fully saturated rings. The summed E-state index contributed by atoms with van der Waals surface area (Å²) in [5, 5.41) is 0. The highest BCUT2D eigenvalue weighted by Gasteiger charge is 2.23. The topological polar surface area (TPSA) is 6.48 Å². The van der Waals surface area contributed by atoms with Crippen molar-refractivity contribution in [1.82, 2.24) is 9.13 Å². The molecule has 0 bridgehead atoms. The quantitative estimate of drug-likeness (QED) is 0.385. The molecule has 0 aliphatic carbocycles. The number of unbranched alkanes of at least 4 members (excludes halogenated alkanes) is 4. The van der Waals surface area contributed by atoms with Gasteiger partial charge in [0.05, 0.1) is 0 Å². The van der Waals surface area contributed by atoms with Crippen LogP contribution in [0.2, 0.25) is 0 Å². The zero-order chi connectivity index (χ0) is 16.6. The van der Waals surface area contributed by atoms with Gasteiger partial charge in [-0.05, 0) is 58.8 Å². The van der Waals surface area contributed by atoms with Crippen LogP contribution >= 0.6 is 0 Å². The number of allylic oxidation sites excluding steroid dienone is 1. The molecule has 0 heterocycles. The van der Waals surface area contributed by atoms with E-state index in [4.69, 9.17) is 0 Å². The van der Waals surface area contributed by atoms with Crippen molar-refractivity contribution in [2.45, 2.75) is 86.0 Å². The lowest BCUT2D eigenvalue weighted by Gasteiger charge is -2.37. The Morgan fingerprint density at radius 3 is 1.18 bits per heavy atom. The Kier molecular flexibility index (Phi) is 15.7. The molecule has 0 unspecified atom stereocenters. The third-order valence-corrected chi connectivity index (χ3v) is 7.57. The summed E-state index contributed by atoms with van der Waals surface area (Å²) < 4.78 is 5.72. The molecule has 0 saturated heterocycles. The molecule has 132 valence electrons. The molecule has 22 heavy (non-hydrogen) atoms. The molecule has 0 rings (SSSR count). The first-order valence-electron chi connectivity index (χ1n) is 9.85. The number of hydrogen-bond donors (Lipinski definition) is 0. The summed E-state index contributed by atoms with van der Waals surface area (Å²) in [6.07, 6.45) is 12.9. The van der Waals surface area contributed by atoms with Gasteiger partial charge in [-0.25, -0.2) is 0 Å². The van der Waals surface area contributed by atoms with E-state index in [1.807, 2.05) is 0 Å². The predicted molar refractivity (Wildman–Crippen MR) is 105 cm³/mol. The van der Waals surface area contributed by atoms with Crippen molar-refractivity contribution in [2.75, 3.05) is 26.2 Å². The Morgan fingerprint density at radius 2 is 0.955 bits per heavy atom. The molecule has 0 aromatic carbocycles. The molecule has 0 spiro atoms. The van der Waals surface area contributed by atoms with Crippen LogP contribution < -0.4 is 0 Å². The fraction of sp³-hybridized carbons (Fsp3) is 0.895. The second-order valence-corrected chi connectivity index (χ2v) is 9.10. The highest BCUT2D eigenvalue weighted by molar-refractivity contribution is 6.58. The van der Waals surface area contributed by atoms with E-state index in [0.29, 0.717) is 0 Å². The first kappa shape index (κ1) is 21.9. The molecule has 0 radical (unpaired) electrons. The van der Waals surface area contributed by atoms with E-state index in [9.17, 15) is 0 Å². The number of nitrogens with zero attached hydrogens (tertiary/aromatic N) is 2. The maximum Gasteiger partial charge on any atom is 0.215 e. The van der Waals surface area contributed by atoms with Gasteiger partial charge in [0, 0.05) is 0 Å². The van der Waals surface area contributed by atoms with E-state index in [2.05, 4.69) is 55.5 Å². The number of rotatable bonds is 15. The van der Waals surface area contributed by atoms with Gasteiger partial charge in [0.1, 0.15) is 0 Å². The minimum atomic E-state index is -1.10. The van der Waals surface area contributed by atoms with Gasteiger partial charge in [0.25, 0.3) is 0 Å². The van der Waals surface area contributed by atoms with Crippen molar-refractivity contribution in [3.63, 3.8) is 0 Å². The summed E-state index contributed by atoms with van der Waals surface area (Å²) in [5.41, 5.74) is 2.57. The summed E-state index contributed by atoms with van der Waals surface area (Å²) >= 11 is 0. The minimum Gasteiger partial charge on any atom is -0.311 e. The zero-order valence-corrected chi connectivity index (χ0v) is 17.3. The summed E-state index contributed by atoms with van der Waals surface area (Å²) in [6, 6.07) is 0. The van der Waals surface area contributed by atoms with Crippen molar-refractivity contribution in [2.24, 2.45) is 0 Å². The molecule has 3 heteroatoms. The molecular formula is C19H42N2Si. The molecule has 0 amide bonds. The lowest BCUT2D eigenvalue weighted by Crippen LogP contribution is -2.53. The van der Waals surface area contributed by atoms with Crippen LogP contribution in [0.25, 0.3) is 0 Å². The summed E-state index contributed by atoms with van der Waals surface area (Å²) in [6.45, 7) is 16.7. The Hall–Kier alpha value is -0.123. The Balaban J connectivity index is 4.97. The van der Waals surface area contributed by atoms with Crippen LogP contribution in [0, 0.1) is 0 Å². The molecule has 0 saturated carbocycles. The van der Waals surface area contributed by atoms with Crippen molar-refractivity contribution in [3.8, 4) is 0 Å². The van der Waals surface area contributed by atoms with Gasteiger partial charge in [-0.15, -0.1) is 0 Å². The molecular weight excluding hydrogens is 284 g/mol. The zero-order valence-electron chi connectivity index (χ0n) is 16.1. The van der Waals surface area contributed by atoms with E-state index in [0.717, 1.165) is 0 Å². The summed E-state index contributed by atoms with van der Waals surface area (Å²) in [7, 11) is -1.10. The van der Waals surface area contributed by atoms with Gasteiger partial charge in [-0.1, -0.05) is 65.2 Å². The molecule has 0 aromatic heterocycles. The van der Waals surface area contributed by atoms with Crippen LogP contribution in [0.15, 0.2) is 11.8 Å². The van der Waals surface area contributed by atoms with E-state index < -0.39 is 9.12 Å². The molecule has 0 atom stereocenters. The maximum absolute atomic E-state index is 2.86. The molecule has 0 aromatic rings. The van der Waals surface area contributed by atoms with Crippen LogP contribution in [0.5, 0.6) is 0 Å². The van der Waals surface area contributed by atoms with Crippen LogP contribution in [0.3, 0.4) is 0 Å². The second-order valence-electron chi connectivity index (χ2n) is 6.43. The lowest BCUT2D eigenvalue weighted by molar-refractivity contribution is 0.332. The normalized spacial score (nSPS) is 12.4. The fourth-order valence-corrected chi connectivity index (χ4v) is 5.93. The smallest absolute Gasteiger partial charge is 0.215 e. The molecule has 0 N–H and O–H groups in total. The van der Waals surface area contributed by atoms with Crippen molar-refractivity contribution in [3.05, 3.63) is 11.8 Å². The predicted octanol–water partition coefficient (Wildman–Crippen LogP) is 5.13. The van der Waals surface area contributed by atoms with Gasteiger partial charge in [-0.2, -0.15) is 0 Å². The van der Waals surface area contributed by atoms with Gasteiger partial charge in [0.2, 0.25) is 9.12 Å². The SMILES string of the molecule is CC=C[SiH](N(CCCC)CCCC)N(CCCC)CCCC. The van der Waals surface area contributed by atoms with Crippen molar-refractivity contribution >= 4 is 9.12 Å². The summed E-state index contributed by atoms with van der Waals surface area (Å²) in [4.78, 5) is 0.